The second-order valence-corrected chi connectivity index (χ2v) is 2.92. The van der Waals surface area contributed by atoms with Gasteiger partial charge in [-0.1, -0.05) is 0 Å². The summed E-state index contributed by atoms with van der Waals surface area (Å²) in [6, 6.07) is 3.46. The van der Waals surface area contributed by atoms with Crippen LogP contribution in [0.1, 0.15) is 5.69 Å². The summed E-state index contributed by atoms with van der Waals surface area (Å²) >= 11 is 3.21. The Kier molecular flexibility index (Phi) is 2.93. The first-order valence-corrected chi connectivity index (χ1v) is 3.91. The zero-order valence-electron chi connectivity index (χ0n) is 5.98. The van der Waals surface area contributed by atoms with Crippen LogP contribution in [0, 0.1) is 10.1 Å². The Hall–Kier alpha value is -1.23. The molecular formula is C7H5BrN2O2. The van der Waals surface area contributed by atoms with E-state index in [2.05, 4.69) is 20.9 Å². The van der Waals surface area contributed by atoms with Crippen LogP contribution >= 0.6 is 15.9 Å². The van der Waals surface area contributed by atoms with Crippen molar-refractivity contribution < 1.29 is 4.92 Å². The second kappa shape index (κ2) is 3.96. The monoisotopic (exact) mass is 228 g/mol. The summed E-state index contributed by atoms with van der Waals surface area (Å²) in [6.45, 7) is 0. The average molecular weight is 229 g/mol. The fourth-order valence-electron chi connectivity index (χ4n) is 0.623. The van der Waals surface area contributed by atoms with E-state index in [1.165, 1.54) is 6.08 Å². The van der Waals surface area contributed by atoms with E-state index in [0.29, 0.717) is 5.69 Å². The number of nitro groups is 1. The van der Waals surface area contributed by atoms with Crippen molar-refractivity contribution in [3.05, 3.63) is 44.8 Å². The van der Waals surface area contributed by atoms with Gasteiger partial charge in [0.1, 0.15) is 0 Å². The molecule has 1 aromatic heterocycles. The number of aromatic nitrogens is 1. The topological polar surface area (TPSA) is 56.0 Å². The summed E-state index contributed by atoms with van der Waals surface area (Å²) in [5.74, 6) is 0. The summed E-state index contributed by atoms with van der Waals surface area (Å²) in [4.78, 5) is 13.3. The third-order valence-corrected chi connectivity index (χ3v) is 1.59. The smallest absolute Gasteiger partial charge is 0.236 e. The van der Waals surface area contributed by atoms with Crippen molar-refractivity contribution in [2.45, 2.75) is 0 Å². The quantitative estimate of drug-likeness (QED) is 0.576. The number of halogens is 1. The fraction of sp³-hybridized carbons (Fsp3) is 0. The Morgan fingerprint density at radius 2 is 2.33 bits per heavy atom. The Morgan fingerprint density at radius 3 is 2.83 bits per heavy atom. The van der Waals surface area contributed by atoms with E-state index >= 15 is 0 Å². The van der Waals surface area contributed by atoms with E-state index in [1.807, 2.05) is 0 Å². The molecule has 0 saturated heterocycles. The summed E-state index contributed by atoms with van der Waals surface area (Å²) in [7, 11) is 0. The molecule has 1 aromatic rings. The minimum Gasteiger partial charge on any atom is -0.259 e. The van der Waals surface area contributed by atoms with Gasteiger partial charge in [-0.3, -0.25) is 15.1 Å². The van der Waals surface area contributed by atoms with Gasteiger partial charge in [0.15, 0.2) is 0 Å². The predicted molar refractivity (Wildman–Crippen MR) is 48.0 cm³/mol. The molecule has 0 fully saturated rings. The molecule has 0 unspecified atom stereocenters. The molecule has 1 rings (SSSR count). The Balaban J connectivity index is 2.77. The number of nitrogens with zero attached hydrogens (tertiary/aromatic N) is 2. The summed E-state index contributed by atoms with van der Waals surface area (Å²) in [5.41, 5.74) is 0.565. The van der Waals surface area contributed by atoms with Gasteiger partial charge in [-0.2, -0.15) is 0 Å². The lowest BCUT2D eigenvalue weighted by molar-refractivity contribution is -0.401. The van der Waals surface area contributed by atoms with Crippen LogP contribution in [-0.2, 0) is 0 Å². The van der Waals surface area contributed by atoms with E-state index in [0.717, 1.165) is 10.7 Å². The van der Waals surface area contributed by atoms with Crippen LogP contribution in [0.25, 0.3) is 6.08 Å². The van der Waals surface area contributed by atoms with Crippen molar-refractivity contribution in [3.8, 4) is 0 Å². The Bertz CT molecular complexity index is 308. The first-order valence-electron chi connectivity index (χ1n) is 3.12. The normalized spacial score (nSPS) is 10.4. The van der Waals surface area contributed by atoms with Crippen LogP contribution in [0.2, 0.25) is 0 Å². The molecule has 5 heteroatoms. The SMILES string of the molecule is O=[N+]([O-])/C=C/c1ccc(Br)cn1. The van der Waals surface area contributed by atoms with E-state index < -0.39 is 4.92 Å². The lowest BCUT2D eigenvalue weighted by Gasteiger charge is -1.89. The van der Waals surface area contributed by atoms with Crippen LogP contribution < -0.4 is 0 Å². The van der Waals surface area contributed by atoms with Crippen molar-refractivity contribution in [1.29, 1.82) is 0 Å². The summed E-state index contributed by atoms with van der Waals surface area (Å²) < 4.78 is 0.848. The van der Waals surface area contributed by atoms with Crippen molar-refractivity contribution in [2.24, 2.45) is 0 Å². The highest BCUT2D eigenvalue weighted by Crippen LogP contribution is 2.07. The Labute approximate surface area is 77.2 Å². The molecule has 0 radical (unpaired) electrons. The molecular weight excluding hydrogens is 224 g/mol. The molecule has 0 aromatic carbocycles. The van der Waals surface area contributed by atoms with Gasteiger partial charge >= 0.3 is 0 Å². The van der Waals surface area contributed by atoms with Gasteiger partial charge < -0.3 is 0 Å². The van der Waals surface area contributed by atoms with E-state index in [-0.39, 0.29) is 0 Å². The molecule has 0 bridgehead atoms. The third kappa shape index (κ3) is 2.79. The maximum absolute atomic E-state index is 9.92. The zero-order chi connectivity index (χ0) is 8.97. The molecule has 0 saturated carbocycles. The number of hydrogen-bond donors (Lipinski definition) is 0. The minimum absolute atomic E-state index is 0.524. The highest BCUT2D eigenvalue weighted by atomic mass is 79.9. The van der Waals surface area contributed by atoms with Gasteiger partial charge in [0.25, 0.3) is 0 Å². The van der Waals surface area contributed by atoms with Gasteiger partial charge in [-0.15, -0.1) is 0 Å². The number of hydrogen-bond acceptors (Lipinski definition) is 3. The van der Waals surface area contributed by atoms with Crippen LogP contribution in [-0.4, -0.2) is 9.91 Å². The fourth-order valence-corrected chi connectivity index (χ4v) is 0.858. The highest BCUT2D eigenvalue weighted by Gasteiger charge is 1.91. The molecule has 62 valence electrons. The van der Waals surface area contributed by atoms with Crippen molar-refractivity contribution in [1.82, 2.24) is 4.98 Å². The lowest BCUT2D eigenvalue weighted by Crippen LogP contribution is -1.84. The van der Waals surface area contributed by atoms with Gasteiger partial charge in [-0.05, 0) is 28.1 Å². The molecule has 12 heavy (non-hydrogen) atoms. The zero-order valence-corrected chi connectivity index (χ0v) is 7.56. The summed E-state index contributed by atoms with van der Waals surface area (Å²) in [6.07, 6.45) is 3.78. The van der Waals surface area contributed by atoms with E-state index in [1.54, 1.807) is 18.3 Å². The molecule has 0 atom stereocenters. The minimum atomic E-state index is -0.524. The molecule has 0 amide bonds. The molecule has 1 heterocycles. The molecule has 0 aliphatic rings. The van der Waals surface area contributed by atoms with Crippen LogP contribution in [0.4, 0.5) is 0 Å². The van der Waals surface area contributed by atoms with Crippen molar-refractivity contribution >= 4 is 22.0 Å². The Morgan fingerprint density at radius 1 is 1.58 bits per heavy atom. The number of rotatable bonds is 2. The molecule has 0 aliphatic carbocycles. The first kappa shape index (κ1) is 8.86. The third-order valence-electron chi connectivity index (χ3n) is 1.12. The molecule has 4 nitrogen and oxygen atoms in total. The van der Waals surface area contributed by atoms with Crippen LogP contribution in [0.5, 0.6) is 0 Å². The van der Waals surface area contributed by atoms with Crippen molar-refractivity contribution in [2.75, 3.05) is 0 Å². The first-order chi connectivity index (χ1) is 5.68. The maximum atomic E-state index is 9.92. The highest BCUT2D eigenvalue weighted by molar-refractivity contribution is 9.10. The largest absolute Gasteiger partial charge is 0.259 e. The number of pyridine rings is 1. The van der Waals surface area contributed by atoms with Gasteiger partial charge in [0, 0.05) is 16.7 Å². The van der Waals surface area contributed by atoms with Gasteiger partial charge in [0.05, 0.1) is 10.6 Å². The van der Waals surface area contributed by atoms with E-state index in [9.17, 15) is 10.1 Å². The van der Waals surface area contributed by atoms with Gasteiger partial charge in [-0.25, -0.2) is 0 Å². The lowest BCUT2D eigenvalue weighted by atomic mass is 10.3. The van der Waals surface area contributed by atoms with Crippen molar-refractivity contribution in [3.63, 3.8) is 0 Å². The molecule has 0 N–H and O–H groups in total. The second-order valence-electron chi connectivity index (χ2n) is 2.00. The van der Waals surface area contributed by atoms with E-state index in [4.69, 9.17) is 0 Å². The average Bonchev–Trinajstić information content (AvgIpc) is 2.03. The molecule has 0 spiro atoms. The van der Waals surface area contributed by atoms with Gasteiger partial charge in [0.2, 0.25) is 6.20 Å². The maximum Gasteiger partial charge on any atom is 0.236 e. The standard InChI is InChI=1S/C7H5BrN2O2/c8-6-1-2-7(9-5-6)3-4-10(11)12/h1-5H/b4-3+. The molecule has 0 aliphatic heterocycles. The van der Waals surface area contributed by atoms with Crippen LogP contribution in [0.15, 0.2) is 29.0 Å². The summed E-state index contributed by atoms with van der Waals surface area (Å²) in [5, 5.41) is 9.92. The van der Waals surface area contributed by atoms with Crippen LogP contribution in [0.3, 0.4) is 0 Å². The predicted octanol–water partition coefficient (Wildman–Crippen LogP) is 2.09.